The average molecular weight is 230 g/mol. The molecule has 0 saturated carbocycles. The minimum Gasteiger partial charge on any atom is -0.0760 e. The zero-order chi connectivity index (χ0) is 11.9. The number of rotatable bonds is 0. The minimum absolute atomic E-state index is 0.449. The van der Waals surface area contributed by atoms with E-state index in [0.717, 1.165) is 6.42 Å². The van der Waals surface area contributed by atoms with Crippen molar-refractivity contribution in [2.75, 3.05) is 0 Å². The minimum atomic E-state index is 0.449. The third-order valence-corrected chi connectivity index (χ3v) is 3.99. The monoisotopic (exact) mass is 230 g/mol. The highest BCUT2D eigenvalue weighted by Crippen LogP contribution is 2.40. The van der Waals surface area contributed by atoms with Gasteiger partial charge in [0.05, 0.1) is 0 Å². The molecule has 0 amide bonds. The number of benzene rings is 2. The first kappa shape index (κ1) is 9.90. The van der Waals surface area contributed by atoms with Crippen molar-refractivity contribution in [2.24, 2.45) is 0 Å². The number of hydrogen-bond donors (Lipinski definition) is 0. The van der Waals surface area contributed by atoms with Crippen LogP contribution >= 0.6 is 0 Å². The van der Waals surface area contributed by atoms with Crippen molar-refractivity contribution < 1.29 is 0 Å². The maximum atomic E-state index is 2.36. The Morgan fingerprint density at radius 2 is 1.89 bits per heavy atom. The molecule has 0 aliphatic heterocycles. The van der Waals surface area contributed by atoms with Crippen molar-refractivity contribution in [1.82, 2.24) is 0 Å². The van der Waals surface area contributed by atoms with Crippen LogP contribution in [-0.2, 0) is 6.42 Å². The van der Waals surface area contributed by atoms with Crippen LogP contribution in [0, 0.1) is 0 Å². The Morgan fingerprint density at radius 3 is 2.89 bits per heavy atom. The van der Waals surface area contributed by atoms with Gasteiger partial charge in [-0.15, -0.1) is 0 Å². The average Bonchev–Trinajstić information content (AvgIpc) is 2.46. The summed E-state index contributed by atoms with van der Waals surface area (Å²) in [6.07, 6.45) is 12.3. The van der Waals surface area contributed by atoms with E-state index in [-0.39, 0.29) is 0 Å². The Hall–Kier alpha value is -2.08. The van der Waals surface area contributed by atoms with E-state index in [9.17, 15) is 0 Å². The lowest BCUT2D eigenvalue weighted by molar-refractivity contribution is 0.949. The molecule has 2 aliphatic carbocycles. The third-order valence-electron chi connectivity index (χ3n) is 3.99. The molecular weight excluding hydrogens is 216 g/mol. The molecule has 2 aromatic carbocycles. The van der Waals surface area contributed by atoms with E-state index in [1.54, 1.807) is 0 Å². The van der Waals surface area contributed by atoms with Gasteiger partial charge in [0.1, 0.15) is 0 Å². The summed E-state index contributed by atoms with van der Waals surface area (Å²) in [5.41, 5.74) is 4.43. The zero-order valence-electron chi connectivity index (χ0n) is 10.1. The smallest absolute Gasteiger partial charge is 0.0278 e. The van der Waals surface area contributed by atoms with Gasteiger partial charge in [0, 0.05) is 5.92 Å². The number of hydrogen-bond acceptors (Lipinski definition) is 0. The Kier molecular flexibility index (Phi) is 2.04. The van der Waals surface area contributed by atoms with E-state index >= 15 is 0 Å². The van der Waals surface area contributed by atoms with Gasteiger partial charge in [-0.05, 0) is 33.9 Å². The molecule has 0 aromatic heterocycles. The summed E-state index contributed by atoms with van der Waals surface area (Å²) >= 11 is 0. The maximum absolute atomic E-state index is 2.36. The Bertz CT molecular complexity index is 714. The number of fused-ring (bicyclic) bond motifs is 5. The lowest BCUT2D eigenvalue weighted by atomic mass is 9.78. The lowest BCUT2D eigenvalue weighted by Gasteiger charge is -2.26. The second kappa shape index (κ2) is 3.71. The molecule has 0 nitrogen and oxygen atoms in total. The van der Waals surface area contributed by atoms with E-state index in [1.165, 1.54) is 27.5 Å². The fraction of sp³-hybridized carbons (Fsp3) is 0.111. The molecule has 2 aliphatic rings. The van der Waals surface area contributed by atoms with Gasteiger partial charge in [-0.1, -0.05) is 66.8 Å². The molecule has 0 N–H and O–H groups in total. The van der Waals surface area contributed by atoms with Gasteiger partial charge in [-0.25, -0.2) is 0 Å². The fourth-order valence-corrected chi connectivity index (χ4v) is 3.13. The van der Waals surface area contributed by atoms with Gasteiger partial charge in [0.15, 0.2) is 0 Å². The van der Waals surface area contributed by atoms with Crippen LogP contribution in [0.4, 0.5) is 0 Å². The molecule has 0 spiro atoms. The predicted octanol–water partition coefficient (Wildman–Crippen LogP) is 4.53. The molecule has 0 bridgehead atoms. The van der Waals surface area contributed by atoms with Crippen molar-refractivity contribution in [3.8, 4) is 0 Å². The van der Waals surface area contributed by atoms with Crippen molar-refractivity contribution in [1.29, 1.82) is 0 Å². The molecular formula is C18H14. The van der Waals surface area contributed by atoms with Gasteiger partial charge < -0.3 is 0 Å². The highest BCUT2D eigenvalue weighted by molar-refractivity contribution is 5.88. The first-order chi connectivity index (χ1) is 8.93. The summed E-state index contributed by atoms with van der Waals surface area (Å²) in [4.78, 5) is 0. The molecule has 18 heavy (non-hydrogen) atoms. The molecule has 4 rings (SSSR count). The topological polar surface area (TPSA) is 0 Å². The summed E-state index contributed by atoms with van der Waals surface area (Å²) in [7, 11) is 0. The van der Waals surface area contributed by atoms with Crippen molar-refractivity contribution in [3.63, 3.8) is 0 Å². The Labute approximate surface area is 107 Å². The van der Waals surface area contributed by atoms with E-state index in [0.29, 0.717) is 5.92 Å². The summed E-state index contributed by atoms with van der Waals surface area (Å²) in [6, 6.07) is 13.2. The van der Waals surface area contributed by atoms with E-state index in [4.69, 9.17) is 0 Å². The maximum Gasteiger partial charge on any atom is 0.0278 e. The normalized spacial score (nSPS) is 20.4. The first-order valence-electron chi connectivity index (χ1n) is 6.49. The summed E-state index contributed by atoms with van der Waals surface area (Å²) in [5, 5.41) is 2.76. The molecule has 1 atom stereocenters. The molecule has 1 unspecified atom stereocenters. The molecule has 0 heteroatoms. The van der Waals surface area contributed by atoms with Crippen molar-refractivity contribution in [3.05, 3.63) is 83.5 Å². The largest absolute Gasteiger partial charge is 0.0760 e. The van der Waals surface area contributed by atoms with Crippen molar-refractivity contribution in [2.45, 2.75) is 12.3 Å². The molecule has 0 saturated heterocycles. The van der Waals surface area contributed by atoms with E-state index < -0.39 is 0 Å². The standard InChI is InChI=1S/C18H14/c1-3-7-16-13(5-1)9-11-15-12-10-14-6-2-4-8-17(14)18(15)16/h1-11,17H,12H2. The highest BCUT2D eigenvalue weighted by Gasteiger charge is 2.22. The lowest BCUT2D eigenvalue weighted by Crippen LogP contribution is -2.10. The Balaban J connectivity index is 2.05. The van der Waals surface area contributed by atoms with Crippen LogP contribution in [0.25, 0.3) is 10.8 Å². The molecule has 0 heterocycles. The highest BCUT2D eigenvalue weighted by atomic mass is 14.3. The van der Waals surface area contributed by atoms with Crippen LogP contribution in [0.2, 0.25) is 0 Å². The summed E-state index contributed by atoms with van der Waals surface area (Å²) < 4.78 is 0. The predicted molar refractivity (Wildman–Crippen MR) is 76.8 cm³/mol. The fourth-order valence-electron chi connectivity index (χ4n) is 3.13. The third kappa shape index (κ3) is 1.32. The molecule has 0 fully saturated rings. The molecule has 2 aromatic rings. The zero-order valence-corrected chi connectivity index (χ0v) is 10.1. The first-order valence-corrected chi connectivity index (χ1v) is 6.49. The molecule has 0 radical (unpaired) electrons. The van der Waals surface area contributed by atoms with Crippen LogP contribution in [0.5, 0.6) is 0 Å². The number of allylic oxidation sites excluding steroid dienone is 6. The van der Waals surface area contributed by atoms with Crippen LogP contribution < -0.4 is 0 Å². The Morgan fingerprint density at radius 1 is 0.944 bits per heavy atom. The van der Waals surface area contributed by atoms with Crippen LogP contribution in [0.1, 0.15) is 17.0 Å². The second-order valence-electron chi connectivity index (χ2n) is 4.99. The van der Waals surface area contributed by atoms with Crippen LogP contribution in [-0.4, -0.2) is 0 Å². The second-order valence-corrected chi connectivity index (χ2v) is 4.99. The quantitative estimate of drug-likeness (QED) is 0.623. The molecule has 86 valence electrons. The van der Waals surface area contributed by atoms with Gasteiger partial charge in [0.2, 0.25) is 0 Å². The van der Waals surface area contributed by atoms with Crippen molar-refractivity contribution >= 4 is 10.8 Å². The van der Waals surface area contributed by atoms with Gasteiger partial charge >= 0.3 is 0 Å². The van der Waals surface area contributed by atoms with E-state index in [1.807, 2.05) is 0 Å². The van der Waals surface area contributed by atoms with Gasteiger partial charge in [-0.2, -0.15) is 0 Å². The van der Waals surface area contributed by atoms with Gasteiger partial charge in [-0.3, -0.25) is 0 Å². The SMILES string of the molecule is C1=CC2=CCc3ccc4ccccc4c3C2C=C1. The summed E-state index contributed by atoms with van der Waals surface area (Å²) in [5.74, 6) is 0.449. The van der Waals surface area contributed by atoms with Crippen LogP contribution in [0.3, 0.4) is 0 Å². The summed E-state index contributed by atoms with van der Waals surface area (Å²) in [6.45, 7) is 0. The van der Waals surface area contributed by atoms with E-state index in [2.05, 4.69) is 66.8 Å². The van der Waals surface area contributed by atoms with Crippen LogP contribution in [0.15, 0.2) is 72.4 Å². The van der Waals surface area contributed by atoms with Gasteiger partial charge in [0.25, 0.3) is 0 Å².